The van der Waals surface area contributed by atoms with Crippen LogP contribution in [0.15, 0.2) is 24.3 Å². The van der Waals surface area contributed by atoms with Gasteiger partial charge in [0, 0.05) is 11.8 Å². The summed E-state index contributed by atoms with van der Waals surface area (Å²) in [6.45, 7) is 9.85. The summed E-state index contributed by atoms with van der Waals surface area (Å²) in [5.74, 6) is 3.97. The van der Waals surface area contributed by atoms with Crippen molar-refractivity contribution in [3.63, 3.8) is 0 Å². The first-order valence-corrected chi connectivity index (χ1v) is 8.70. The first-order chi connectivity index (χ1) is 9.49. The van der Waals surface area contributed by atoms with Gasteiger partial charge in [-0.1, -0.05) is 39.8 Å². The van der Waals surface area contributed by atoms with Gasteiger partial charge in [-0.3, -0.25) is 0 Å². The summed E-state index contributed by atoms with van der Waals surface area (Å²) >= 11 is 2.05. The normalized spacial score (nSPS) is 21.8. The molecule has 3 heteroatoms. The molecule has 1 fully saturated rings. The third-order valence-corrected chi connectivity index (χ3v) is 4.97. The Labute approximate surface area is 127 Å². The van der Waals surface area contributed by atoms with Crippen LogP contribution in [0.25, 0.3) is 0 Å². The fraction of sp³-hybridized carbons (Fsp3) is 0.647. The standard InChI is InChI=1S/C17H27NOS/c1-13(2)11-19-15-8-6-5-7-14(15)18-16-12-20-10-9-17(16,3)4/h5-8,13,16,18H,9-12H2,1-4H3. The molecule has 2 nitrogen and oxygen atoms in total. The number of nitrogens with one attached hydrogen (secondary N) is 1. The van der Waals surface area contributed by atoms with E-state index in [1.807, 2.05) is 17.8 Å². The van der Waals surface area contributed by atoms with Crippen molar-refractivity contribution in [2.75, 3.05) is 23.4 Å². The van der Waals surface area contributed by atoms with E-state index >= 15 is 0 Å². The van der Waals surface area contributed by atoms with E-state index in [0.717, 1.165) is 18.0 Å². The Morgan fingerprint density at radius 2 is 2.10 bits per heavy atom. The van der Waals surface area contributed by atoms with Crippen molar-refractivity contribution in [3.05, 3.63) is 24.3 Å². The number of benzene rings is 1. The number of hydrogen-bond acceptors (Lipinski definition) is 3. The Hall–Kier alpha value is -0.830. The zero-order chi connectivity index (χ0) is 14.6. The second-order valence-electron chi connectivity index (χ2n) is 6.71. The second kappa shape index (κ2) is 6.75. The molecule has 1 aliphatic rings. The van der Waals surface area contributed by atoms with E-state index in [-0.39, 0.29) is 0 Å². The van der Waals surface area contributed by atoms with E-state index in [2.05, 4.69) is 51.2 Å². The summed E-state index contributed by atoms with van der Waals surface area (Å²) in [6, 6.07) is 8.82. The van der Waals surface area contributed by atoms with Crippen molar-refractivity contribution in [2.24, 2.45) is 11.3 Å². The highest BCUT2D eigenvalue weighted by molar-refractivity contribution is 7.99. The average molecular weight is 293 g/mol. The first kappa shape index (κ1) is 15.6. The Morgan fingerprint density at radius 1 is 1.35 bits per heavy atom. The molecule has 1 atom stereocenters. The molecule has 1 N–H and O–H groups in total. The van der Waals surface area contributed by atoms with Gasteiger partial charge in [0.15, 0.2) is 0 Å². The molecule has 0 aliphatic carbocycles. The number of anilines is 1. The molecule has 0 spiro atoms. The van der Waals surface area contributed by atoms with Gasteiger partial charge in [-0.15, -0.1) is 0 Å². The fourth-order valence-corrected chi connectivity index (χ4v) is 3.94. The smallest absolute Gasteiger partial charge is 0.142 e. The lowest BCUT2D eigenvalue weighted by atomic mass is 9.82. The van der Waals surface area contributed by atoms with E-state index in [4.69, 9.17) is 4.74 Å². The van der Waals surface area contributed by atoms with Crippen LogP contribution in [0.4, 0.5) is 5.69 Å². The summed E-state index contributed by atoms with van der Waals surface area (Å²) < 4.78 is 5.94. The van der Waals surface area contributed by atoms with E-state index in [1.165, 1.54) is 17.9 Å². The summed E-state index contributed by atoms with van der Waals surface area (Å²) in [4.78, 5) is 0. The van der Waals surface area contributed by atoms with Crippen LogP contribution in [-0.2, 0) is 0 Å². The molecular formula is C17H27NOS. The predicted octanol–water partition coefficient (Wildman–Crippen LogP) is 4.67. The lowest BCUT2D eigenvalue weighted by molar-refractivity contribution is 0.270. The molecule has 1 aromatic carbocycles. The summed E-state index contributed by atoms with van der Waals surface area (Å²) in [6.07, 6.45) is 1.27. The maximum absolute atomic E-state index is 5.94. The van der Waals surface area contributed by atoms with E-state index in [0.29, 0.717) is 17.4 Å². The monoisotopic (exact) mass is 293 g/mol. The zero-order valence-electron chi connectivity index (χ0n) is 13.1. The summed E-state index contributed by atoms with van der Waals surface area (Å²) in [5, 5.41) is 3.72. The molecule has 1 aromatic rings. The first-order valence-electron chi connectivity index (χ1n) is 7.55. The molecule has 1 aliphatic heterocycles. The molecule has 1 saturated heterocycles. The molecular weight excluding hydrogens is 266 g/mol. The van der Waals surface area contributed by atoms with Crippen molar-refractivity contribution in [1.82, 2.24) is 0 Å². The molecule has 2 rings (SSSR count). The Morgan fingerprint density at radius 3 is 2.80 bits per heavy atom. The molecule has 0 radical (unpaired) electrons. The van der Waals surface area contributed by atoms with Crippen LogP contribution in [0, 0.1) is 11.3 Å². The summed E-state index contributed by atoms with van der Waals surface area (Å²) in [5.41, 5.74) is 1.48. The van der Waals surface area contributed by atoms with Gasteiger partial charge in [-0.05, 0) is 35.6 Å². The zero-order valence-corrected chi connectivity index (χ0v) is 13.9. The highest BCUT2D eigenvalue weighted by Crippen LogP contribution is 2.37. The summed E-state index contributed by atoms with van der Waals surface area (Å²) in [7, 11) is 0. The van der Waals surface area contributed by atoms with Crippen LogP contribution < -0.4 is 10.1 Å². The van der Waals surface area contributed by atoms with Crippen molar-refractivity contribution in [1.29, 1.82) is 0 Å². The largest absolute Gasteiger partial charge is 0.491 e. The van der Waals surface area contributed by atoms with E-state index in [9.17, 15) is 0 Å². The topological polar surface area (TPSA) is 21.3 Å². The van der Waals surface area contributed by atoms with Crippen molar-refractivity contribution in [2.45, 2.75) is 40.2 Å². The van der Waals surface area contributed by atoms with Crippen molar-refractivity contribution < 1.29 is 4.74 Å². The minimum atomic E-state index is 0.344. The molecule has 0 amide bonds. The van der Waals surface area contributed by atoms with E-state index < -0.39 is 0 Å². The third kappa shape index (κ3) is 4.08. The minimum Gasteiger partial charge on any atom is -0.491 e. The molecule has 0 bridgehead atoms. The van der Waals surface area contributed by atoms with Gasteiger partial charge in [-0.2, -0.15) is 11.8 Å². The molecule has 1 unspecified atom stereocenters. The molecule has 112 valence electrons. The van der Waals surface area contributed by atoms with Crippen LogP contribution in [0.2, 0.25) is 0 Å². The predicted molar refractivity (Wildman–Crippen MR) is 89.9 cm³/mol. The van der Waals surface area contributed by atoms with Crippen LogP contribution in [-0.4, -0.2) is 24.2 Å². The fourth-order valence-electron chi connectivity index (χ4n) is 2.33. The lowest BCUT2D eigenvalue weighted by Crippen LogP contribution is -2.41. The van der Waals surface area contributed by atoms with Gasteiger partial charge in [0.25, 0.3) is 0 Å². The number of rotatable bonds is 5. The molecule has 0 saturated carbocycles. The lowest BCUT2D eigenvalue weighted by Gasteiger charge is -2.39. The number of para-hydroxylation sites is 2. The molecule has 20 heavy (non-hydrogen) atoms. The van der Waals surface area contributed by atoms with Gasteiger partial charge in [0.1, 0.15) is 5.75 Å². The van der Waals surface area contributed by atoms with Gasteiger partial charge in [0.05, 0.1) is 12.3 Å². The highest BCUT2D eigenvalue weighted by atomic mass is 32.2. The van der Waals surface area contributed by atoms with Crippen LogP contribution >= 0.6 is 11.8 Å². The Balaban J connectivity index is 2.08. The third-order valence-electron chi connectivity index (χ3n) is 3.91. The van der Waals surface area contributed by atoms with Crippen LogP contribution in [0.1, 0.15) is 34.1 Å². The van der Waals surface area contributed by atoms with Crippen molar-refractivity contribution >= 4 is 17.4 Å². The number of ether oxygens (including phenoxy) is 1. The van der Waals surface area contributed by atoms with Crippen molar-refractivity contribution in [3.8, 4) is 5.75 Å². The maximum Gasteiger partial charge on any atom is 0.142 e. The molecule has 0 aromatic heterocycles. The number of hydrogen-bond donors (Lipinski definition) is 1. The number of thioether (sulfide) groups is 1. The van der Waals surface area contributed by atoms with E-state index in [1.54, 1.807) is 0 Å². The average Bonchev–Trinajstić information content (AvgIpc) is 2.40. The molecule has 1 heterocycles. The second-order valence-corrected chi connectivity index (χ2v) is 7.86. The SMILES string of the molecule is CC(C)COc1ccccc1NC1CSCCC1(C)C. The van der Waals surface area contributed by atoms with Crippen LogP contribution in [0.3, 0.4) is 0 Å². The van der Waals surface area contributed by atoms with Gasteiger partial charge in [0.2, 0.25) is 0 Å². The minimum absolute atomic E-state index is 0.344. The van der Waals surface area contributed by atoms with Gasteiger partial charge in [-0.25, -0.2) is 0 Å². The Bertz CT molecular complexity index is 431. The quantitative estimate of drug-likeness (QED) is 0.852. The highest BCUT2D eigenvalue weighted by Gasteiger charge is 2.32. The van der Waals surface area contributed by atoms with Gasteiger partial charge >= 0.3 is 0 Å². The van der Waals surface area contributed by atoms with Crippen LogP contribution in [0.5, 0.6) is 5.75 Å². The maximum atomic E-state index is 5.94. The Kier molecular flexibility index (Phi) is 5.25. The van der Waals surface area contributed by atoms with Gasteiger partial charge < -0.3 is 10.1 Å².